The Hall–Kier alpha value is -1.60. The maximum atomic E-state index is 12.4. The number of rotatable bonds is 5. The van der Waals surface area contributed by atoms with Gasteiger partial charge in [0.05, 0.1) is 16.0 Å². The molecule has 2 aromatic rings. The second-order valence-corrected chi connectivity index (χ2v) is 6.83. The zero-order chi connectivity index (χ0) is 15.5. The molecule has 0 unspecified atom stereocenters. The fourth-order valence-corrected chi connectivity index (χ4v) is 3.09. The van der Waals surface area contributed by atoms with Crippen molar-refractivity contribution in [2.45, 2.75) is 18.7 Å². The Morgan fingerprint density at radius 3 is 2.71 bits per heavy atom. The molecule has 0 saturated heterocycles. The molecule has 0 bridgehead atoms. The normalized spacial score (nSPS) is 11.2. The van der Waals surface area contributed by atoms with E-state index in [2.05, 4.69) is 25.6 Å². The van der Waals surface area contributed by atoms with Crippen molar-refractivity contribution >= 4 is 31.8 Å². The molecule has 0 amide bonds. The summed E-state index contributed by atoms with van der Waals surface area (Å²) < 4.78 is 33.3. The molecule has 0 spiro atoms. The van der Waals surface area contributed by atoms with Crippen molar-refractivity contribution in [3.8, 4) is 5.75 Å². The highest BCUT2D eigenvalue weighted by Crippen LogP contribution is 2.28. The van der Waals surface area contributed by atoms with E-state index in [9.17, 15) is 8.42 Å². The summed E-state index contributed by atoms with van der Waals surface area (Å²) in [7, 11) is -3.70. The van der Waals surface area contributed by atoms with Crippen LogP contribution in [0.15, 0.2) is 45.8 Å². The monoisotopic (exact) mass is 370 g/mol. The van der Waals surface area contributed by atoms with Crippen LogP contribution < -0.4 is 9.46 Å². The maximum Gasteiger partial charge on any atom is 0.263 e. The van der Waals surface area contributed by atoms with Crippen LogP contribution >= 0.6 is 15.9 Å². The van der Waals surface area contributed by atoms with Crippen LogP contribution in [0.5, 0.6) is 5.75 Å². The van der Waals surface area contributed by atoms with Gasteiger partial charge in [-0.1, -0.05) is 6.07 Å². The van der Waals surface area contributed by atoms with Gasteiger partial charge in [-0.3, -0.25) is 4.72 Å². The molecule has 7 heteroatoms. The lowest BCUT2D eigenvalue weighted by Crippen LogP contribution is -2.14. The molecule has 1 aromatic carbocycles. The van der Waals surface area contributed by atoms with Crippen LogP contribution in [0.25, 0.3) is 0 Å². The third-order valence-corrected chi connectivity index (χ3v) is 4.65. The Kier molecular flexibility index (Phi) is 4.84. The Morgan fingerprint density at radius 2 is 2.05 bits per heavy atom. The summed E-state index contributed by atoms with van der Waals surface area (Å²) in [6.07, 6.45) is 0. The highest BCUT2D eigenvalue weighted by Gasteiger charge is 2.17. The number of anilines is 1. The third kappa shape index (κ3) is 3.95. The molecule has 112 valence electrons. The van der Waals surface area contributed by atoms with Crippen molar-refractivity contribution in [2.75, 3.05) is 11.3 Å². The van der Waals surface area contributed by atoms with E-state index in [1.54, 1.807) is 31.2 Å². The van der Waals surface area contributed by atoms with E-state index < -0.39 is 10.0 Å². The van der Waals surface area contributed by atoms with E-state index >= 15 is 0 Å². The van der Waals surface area contributed by atoms with E-state index in [0.29, 0.717) is 16.8 Å². The topological polar surface area (TPSA) is 68.3 Å². The lowest BCUT2D eigenvalue weighted by atomic mass is 10.3. The third-order valence-electron chi connectivity index (χ3n) is 2.64. The average Bonchev–Trinajstić information content (AvgIpc) is 2.41. The number of aryl methyl sites for hydroxylation is 1. The molecule has 0 fully saturated rings. The highest BCUT2D eigenvalue weighted by molar-refractivity contribution is 9.10. The van der Waals surface area contributed by atoms with Crippen LogP contribution in [0.2, 0.25) is 0 Å². The largest absolute Gasteiger partial charge is 0.493 e. The number of halogens is 1. The molecule has 1 N–H and O–H groups in total. The van der Waals surface area contributed by atoms with E-state index in [1.807, 2.05) is 6.92 Å². The number of ether oxygens (including phenoxy) is 1. The molecule has 2 rings (SSSR count). The van der Waals surface area contributed by atoms with Gasteiger partial charge >= 0.3 is 0 Å². The van der Waals surface area contributed by atoms with Crippen molar-refractivity contribution < 1.29 is 13.2 Å². The van der Waals surface area contributed by atoms with Gasteiger partial charge in [0.25, 0.3) is 10.0 Å². The number of hydrogen-bond acceptors (Lipinski definition) is 4. The SMILES string of the molecule is CCOc1cc(S(=O)(=O)Nc2cccc(C)n2)ccc1Br. The van der Waals surface area contributed by atoms with Crippen LogP contribution in [0, 0.1) is 6.92 Å². The fraction of sp³-hybridized carbons (Fsp3) is 0.214. The molecule has 0 aliphatic rings. The number of pyridine rings is 1. The number of nitrogens with one attached hydrogen (secondary N) is 1. The summed E-state index contributed by atoms with van der Waals surface area (Å²) in [5, 5.41) is 0. The summed E-state index contributed by atoms with van der Waals surface area (Å²) in [6, 6.07) is 9.77. The van der Waals surface area contributed by atoms with Crippen molar-refractivity contribution in [3.63, 3.8) is 0 Å². The number of aromatic nitrogens is 1. The highest BCUT2D eigenvalue weighted by atomic mass is 79.9. The van der Waals surface area contributed by atoms with Gasteiger partial charge in [0.2, 0.25) is 0 Å². The smallest absolute Gasteiger partial charge is 0.263 e. The molecule has 0 aliphatic carbocycles. The first-order valence-corrected chi connectivity index (χ1v) is 8.59. The molecule has 1 aromatic heterocycles. The summed E-state index contributed by atoms with van der Waals surface area (Å²) in [5.74, 6) is 0.772. The summed E-state index contributed by atoms with van der Waals surface area (Å²) in [4.78, 5) is 4.25. The average molecular weight is 371 g/mol. The lowest BCUT2D eigenvalue weighted by Gasteiger charge is -2.11. The summed E-state index contributed by atoms with van der Waals surface area (Å²) in [6.45, 7) is 4.09. The van der Waals surface area contributed by atoms with Crippen molar-refractivity contribution in [1.29, 1.82) is 0 Å². The standard InChI is InChI=1S/C14H15BrN2O3S/c1-3-20-13-9-11(7-8-12(13)15)21(18,19)17-14-6-4-5-10(2)16-14/h4-9H,3H2,1-2H3,(H,16,17). The van der Waals surface area contributed by atoms with E-state index in [4.69, 9.17) is 4.74 Å². The second-order valence-electron chi connectivity index (χ2n) is 4.29. The Balaban J connectivity index is 2.33. The first-order valence-electron chi connectivity index (χ1n) is 6.31. The minimum absolute atomic E-state index is 0.123. The predicted octanol–water partition coefficient (Wildman–Crippen LogP) is 3.35. The van der Waals surface area contributed by atoms with Gasteiger partial charge in [0.15, 0.2) is 0 Å². The molecular formula is C14H15BrN2O3S. The Labute approximate surface area is 132 Å². The Morgan fingerprint density at radius 1 is 1.29 bits per heavy atom. The first-order chi connectivity index (χ1) is 9.92. The number of sulfonamides is 1. The van der Waals surface area contributed by atoms with E-state index in [-0.39, 0.29) is 10.7 Å². The molecule has 5 nitrogen and oxygen atoms in total. The fourth-order valence-electron chi connectivity index (χ4n) is 1.71. The van der Waals surface area contributed by atoms with Crippen molar-refractivity contribution in [3.05, 3.63) is 46.6 Å². The van der Waals surface area contributed by atoms with Crippen LogP contribution in [-0.2, 0) is 10.0 Å². The lowest BCUT2D eigenvalue weighted by molar-refractivity contribution is 0.337. The van der Waals surface area contributed by atoms with Crippen LogP contribution in [-0.4, -0.2) is 20.0 Å². The molecular weight excluding hydrogens is 356 g/mol. The van der Waals surface area contributed by atoms with Gasteiger partial charge in [-0.25, -0.2) is 13.4 Å². The van der Waals surface area contributed by atoms with Crippen LogP contribution in [0.1, 0.15) is 12.6 Å². The van der Waals surface area contributed by atoms with Gasteiger partial charge in [0.1, 0.15) is 11.6 Å². The van der Waals surface area contributed by atoms with Gasteiger partial charge in [-0.15, -0.1) is 0 Å². The number of nitrogens with zero attached hydrogens (tertiary/aromatic N) is 1. The Bertz CT molecular complexity index is 748. The van der Waals surface area contributed by atoms with E-state index in [1.165, 1.54) is 12.1 Å². The summed E-state index contributed by atoms with van der Waals surface area (Å²) in [5.41, 5.74) is 0.737. The molecule has 0 saturated carbocycles. The van der Waals surface area contributed by atoms with Gasteiger partial charge < -0.3 is 4.74 Å². The maximum absolute atomic E-state index is 12.4. The minimum atomic E-state index is -3.70. The van der Waals surface area contributed by atoms with Crippen LogP contribution in [0.3, 0.4) is 0 Å². The molecule has 21 heavy (non-hydrogen) atoms. The number of hydrogen-bond donors (Lipinski definition) is 1. The zero-order valence-corrected chi connectivity index (χ0v) is 14.0. The predicted molar refractivity (Wildman–Crippen MR) is 85.1 cm³/mol. The van der Waals surface area contributed by atoms with Crippen molar-refractivity contribution in [2.24, 2.45) is 0 Å². The molecule has 0 radical (unpaired) electrons. The van der Waals surface area contributed by atoms with Gasteiger partial charge in [-0.2, -0.15) is 0 Å². The van der Waals surface area contributed by atoms with Gasteiger partial charge in [-0.05, 0) is 54.0 Å². The zero-order valence-electron chi connectivity index (χ0n) is 11.6. The molecule has 0 aliphatic heterocycles. The summed E-state index contributed by atoms with van der Waals surface area (Å²) >= 11 is 3.32. The van der Waals surface area contributed by atoms with Crippen molar-refractivity contribution in [1.82, 2.24) is 4.98 Å². The number of benzene rings is 1. The first kappa shape index (κ1) is 15.8. The van der Waals surface area contributed by atoms with E-state index in [0.717, 1.165) is 5.69 Å². The quantitative estimate of drug-likeness (QED) is 0.875. The molecule has 0 atom stereocenters. The minimum Gasteiger partial charge on any atom is -0.493 e. The van der Waals surface area contributed by atoms with Gasteiger partial charge in [0, 0.05) is 11.8 Å². The second kappa shape index (κ2) is 6.44. The van der Waals surface area contributed by atoms with Crippen LogP contribution in [0.4, 0.5) is 5.82 Å². The molecule has 1 heterocycles.